The summed E-state index contributed by atoms with van der Waals surface area (Å²) >= 11 is 0. The molecule has 1 aliphatic rings. The van der Waals surface area contributed by atoms with Crippen molar-refractivity contribution in [3.8, 4) is 11.6 Å². The standard InChI is InChI=1S/C18H16N2O/c21-18-16(12-19-13-10-11-13)15-8-4-5-9-17(15)20(18)14-6-2-1-3-7-14/h1-9,12-13,21H,10-11H2. The van der Waals surface area contributed by atoms with E-state index in [1.54, 1.807) is 0 Å². The van der Waals surface area contributed by atoms with Crippen LogP contribution >= 0.6 is 0 Å². The number of hydrogen-bond acceptors (Lipinski definition) is 2. The molecule has 0 atom stereocenters. The summed E-state index contributed by atoms with van der Waals surface area (Å²) in [5.74, 6) is 0.256. The summed E-state index contributed by atoms with van der Waals surface area (Å²) in [6.45, 7) is 0. The summed E-state index contributed by atoms with van der Waals surface area (Å²) in [4.78, 5) is 4.53. The van der Waals surface area contributed by atoms with E-state index < -0.39 is 0 Å². The zero-order chi connectivity index (χ0) is 14.2. The second-order valence-electron chi connectivity index (χ2n) is 5.43. The highest BCUT2D eigenvalue weighted by molar-refractivity contribution is 6.03. The topological polar surface area (TPSA) is 37.5 Å². The van der Waals surface area contributed by atoms with E-state index in [4.69, 9.17) is 0 Å². The number of hydrogen-bond donors (Lipinski definition) is 1. The molecule has 0 radical (unpaired) electrons. The summed E-state index contributed by atoms with van der Waals surface area (Å²) in [6.07, 6.45) is 4.15. The van der Waals surface area contributed by atoms with Crippen LogP contribution in [-0.4, -0.2) is 21.9 Å². The highest BCUT2D eigenvalue weighted by atomic mass is 16.3. The minimum atomic E-state index is 0.256. The number of aromatic nitrogens is 1. The van der Waals surface area contributed by atoms with Crippen molar-refractivity contribution in [1.82, 2.24) is 4.57 Å². The van der Waals surface area contributed by atoms with Gasteiger partial charge >= 0.3 is 0 Å². The fourth-order valence-corrected chi connectivity index (χ4v) is 2.62. The first-order chi connectivity index (χ1) is 10.3. The predicted molar refractivity (Wildman–Crippen MR) is 85.6 cm³/mol. The maximum absolute atomic E-state index is 10.7. The molecule has 0 aliphatic heterocycles. The zero-order valence-electron chi connectivity index (χ0n) is 11.6. The molecule has 21 heavy (non-hydrogen) atoms. The average molecular weight is 276 g/mol. The Hall–Kier alpha value is -2.55. The van der Waals surface area contributed by atoms with Crippen molar-refractivity contribution < 1.29 is 5.11 Å². The minimum absolute atomic E-state index is 0.256. The maximum Gasteiger partial charge on any atom is 0.205 e. The summed E-state index contributed by atoms with van der Waals surface area (Å²) in [5, 5.41) is 11.7. The number of para-hydroxylation sites is 2. The molecule has 1 fully saturated rings. The van der Waals surface area contributed by atoms with Gasteiger partial charge in [0.05, 0.1) is 17.1 Å². The molecule has 3 heteroatoms. The Morgan fingerprint density at radius 1 is 1.00 bits per heavy atom. The van der Waals surface area contributed by atoms with E-state index in [2.05, 4.69) is 4.99 Å². The summed E-state index contributed by atoms with van der Waals surface area (Å²) < 4.78 is 1.88. The SMILES string of the molecule is Oc1c(C=NC2CC2)c2ccccc2n1-c1ccccc1. The molecule has 104 valence electrons. The van der Waals surface area contributed by atoms with Crippen molar-refractivity contribution in [3.05, 3.63) is 60.2 Å². The summed E-state index contributed by atoms with van der Waals surface area (Å²) in [6, 6.07) is 18.4. The quantitative estimate of drug-likeness (QED) is 0.723. The molecule has 0 saturated heterocycles. The third-order valence-electron chi connectivity index (χ3n) is 3.86. The van der Waals surface area contributed by atoms with Crippen LogP contribution in [0, 0.1) is 0 Å². The van der Waals surface area contributed by atoms with Crippen molar-refractivity contribution in [2.75, 3.05) is 0 Å². The van der Waals surface area contributed by atoms with E-state index in [0.717, 1.165) is 35.0 Å². The number of fused-ring (bicyclic) bond motifs is 1. The summed E-state index contributed by atoms with van der Waals surface area (Å²) in [7, 11) is 0. The van der Waals surface area contributed by atoms with Crippen molar-refractivity contribution in [1.29, 1.82) is 0 Å². The highest BCUT2D eigenvalue weighted by Gasteiger charge is 2.21. The molecule has 1 aliphatic carbocycles. The van der Waals surface area contributed by atoms with Gasteiger partial charge in [-0.1, -0.05) is 36.4 Å². The Balaban J connectivity index is 1.96. The van der Waals surface area contributed by atoms with Gasteiger partial charge < -0.3 is 5.11 Å². The van der Waals surface area contributed by atoms with Crippen LogP contribution in [0.15, 0.2) is 59.6 Å². The summed E-state index contributed by atoms with van der Waals surface area (Å²) in [5.41, 5.74) is 2.76. The number of aromatic hydroxyl groups is 1. The first-order valence-corrected chi connectivity index (χ1v) is 7.25. The number of benzene rings is 2. The molecular formula is C18H16N2O. The van der Waals surface area contributed by atoms with Gasteiger partial charge in [0, 0.05) is 17.3 Å². The van der Waals surface area contributed by atoms with Crippen molar-refractivity contribution >= 4 is 17.1 Å². The van der Waals surface area contributed by atoms with Crippen LogP contribution in [0.4, 0.5) is 0 Å². The van der Waals surface area contributed by atoms with Crippen LogP contribution < -0.4 is 0 Å². The largest absolute Gasteiger partial charge is 0.494 e. The van der Waals surface area contributed by atoms with E-state index in [0.29, 0.717) is 6.04 Å². The van der Waals surface area contributed by atoms with E-state index in [-0.39, 0.29) is 5.88 Å². The number of aliphatic imine (C=N–C) groups is 1. The van der Waals surface area contributed by atoms with Crippen molar-refractivity contribution in [2.45, 2.75) is 18.9 Å². The van der Waals surface area contributed by atoms with Gasteiger partial charge in [-0.3, -0.25) is 9.56 Å². The second-order valence-corrected chi connectivity index (χ2v) is 5.43. The molecule has 0 amide bonds. The highest BCUT2D eigenvalue weighted by Crippen LogP contribution is 2.33. The number of rotatable bonds is 3. The normalized spacial score (nSPS) is 15.0. The molecule has 3 nitrogen and oxygen atoms in total. The van der Waals surface area contributed by atoms with Crippen LogP contribution in [0.5, 0.6) is 5.88 Å². The number of nitrogens with zero attached hydrogens (tertiary/aromatic N) is 2. The molecule has 3 aromatic rings. The first kappa shape index (κ1) is 12.2. The van der Waals surface area contributed by atoms with Gasteiger partial charge in [0.2, 0.25) is 5.88 Å². The van der Waals surface area contributed by atoms with E-state index >= 15 is 0 Å². The Labute approximate surface area is 123 Å². The Bertz CT molecular complexity index is 814. The van der Waals surface area contributed by atoms with E-state index in [1.807, 2.05) is 65.4 Å². The molecule has 0 bridgehead atoms. The lowest BCUT2D eigenvalue weighted by molar-refractivity contribution is 0.444. The zero-order valence-corrected chi connectivity index (χ0v) is 11.6. The van der Waals surface area contributed by atoms with Crippen LogP contribution in [-0.2, 0) is 0 Å². The Morgan fingerprint density at radius 3 is 2.48 bits per heavy atom. The Morgan fingerprint density at radius 2 is 1.71 bits per heavy atom. The Kier molecular flexibility index (Phi) is 2.78. The third kappa shape index (κ3) is 2.11. The van der Waals surface area contributed by atoms with Crippen molar-refractivity contribution in [2.24, 2.45) is 4.99 Å². The molecule has 1 aromatic heterocycles. The fraction of sp³-hybridized carbons (Fsp3) is 0.167. The fourth-order valence-electron chi connectivity index (χ4n) is 2.62. The monoisotopic (exact) mass is 276 g/mol. The van der Waals surface area contributed by atoms with Gasteiger partial charge in [-0.25, -0.2) is 0 Å². The molecule has 0 spiro atoms. The van der Waals surface area contributed by atoms with Gasteiger partial charge in [0.25, 0.3) is 0 Å². The van der Waals surface area contributed by atoms with Crippen LogP contribution in [0.3, 0.4) is 0 Å². The molecule has 1 N–H and O–H groups in total. The van der Waals surface area contributed by atoms with Gasteiger partial charge in [0.1, 0.15) is 0 Å². The molecule has 1 saturated carbocycles. The third-order valence-corrected chi connectivity index (χ3v) is 3.86. The smallest absolute Gasteiger partial charge is 0.205 e. The minimum Gasteiger partial charge on any atom is -0.494 e. The average Bonchev–Trinajstić information content (AvgIpc) is 3.30. The van der Waals surface area contributed by atoms with Gasteiger partial charge in [0.15, 0.2) is 0 Å². The van der Waals surface area contributed by atoms with Crippen LogP contribution in [0.25, 0.3) is 16.6 Å². The molecule has 1 heterocycles. The van der Waals surface area contributed by atoms with Gasteiger partial charge in [-0.2, -0.15) is 0 Å². The molecular weight excluding hydrogens is 260 g/mol. The van der Waals surface area contributed by atoms with E-state index in [1.165, 1.54) is 0 Å². The molecule has 0 unspecified atom stereocenters. The van der Waals surface area contributed by atoms with Crippen LogP contribution in [0.1, 0.15) is 18.4 Å². The lowest BCUT2D eigenvalue weighted by Gasteiger charge is -2.06. The second kappa shape index (κ2) is 4.77. The first-order valence-electron chi connectivity index (χ1n) is 7.25. The van der Waals surface area contributed by atoms with E-state index in [9.17, 15) is 5.11 Å². The lowest BCUT2D eigenvalue weighted by atomic mass is 10.2. The predicted octanol–water partition coefficient (Wildman–Crippen LogP) is 3.92. The van der Waals surface area contributed by atoms with Gasteiger partial charge in [-0.05, 0) is 31.0 Å². The van der Waals surface area contributed by atoms with Gasteiger partial charge in [-0.15, -0.1) is 0 Å². The maximum atomic E-state index is 10.7. The molecule has 4 rings (SSSR count). The van der Waals surface area contributed by atoms with Crippen LogP contribution in [0.2, 0.25) is 0 Å². The lowest BCUT2D eigenvalue weighted by Crippen LogP contribution is -1.92. The molecule has 2 aromatic carbocycles. The van der Waals surface area contributed by atoms with Crippen molar-refractivity contribution in [3.63, 3.8) is 0 Å².